The monoisotopic (exact) mass is 244 g/mol. The number of halogens is 2. The Balaban J connectivity index is 2.36. The Morgan fingerprint density at radius 1 is 1.53 bits per heavy atom. The molecule has 0 bridgehead atoms. The molecule has 0 spiro atoms. The molecule has 0 amide bonds. The van der Waals surface area contributed by atoms with Gasteiger partial charge in [-0.05, 0) is 6.92 Å². The van der Waals surface area contributed by atoms with E-state index in [9.17, 15) is 8.78 Å². The zero-order chi connectivity index (χ0) is 12.4. The molecule has 0 aromatic carbocycles. The van der Waals surface area contributed by atoms with Crippen molar-refractivity contribution in [1.82, 2.24) is 4.98 Å². The van der Waals surface area contributed by atoms with Crippen LogP contribution in [0.3, 0.4) is 0 Å². The molecule has 1 aliphatic rings. The molecule has 2 rings (SSSR count). The van der Waals surface area contributed by atoms with Crippen molar-refractivity contribution in [1.29, 1.82) is 0 Å². The van der Waals surface area contributed by atoms with E-state index in [1.165, 1.54) is 0 Å². The zero-order valence-corrected chi connectivity index (χ0v) is 9.41. The van der Waals surface area contributed by atoms with Crippen molar-refractivity contribution in [2.75, 3.05) is 30.1 Å². The predicted octanol–water partition coefficient (Wildman–Crippen LogP) is 0.871. The standard InChI is InChI=1S/C10H14F2N4O/c1-6-5-17-3-2-16(6)10-8(12)4-7(11)9(14-10)15-13/h4,6H,2-3,5,13H2,1H3,(H,14,15). The lowest BCUT2D eigenvalue weighted by Gasteiger charge is -2.34. The third-order valence-corrected chi connectivity index (χ3v) is 2.69. The van der Waals surface area contributed by atoms with Crippen molar-refractivity contribution in [3.05, 3.63) is 17.7 Å². The molecule has 0 aliphatic carbocycles. The molecule has 0 saturated carbocycles. The number of anilines is 2. The maximum Gasteiger partial charge on any atom is 0.178 e. The van der Waals surface area contributed by atoms with Crippen LogP contribution in [0.4, 0.5) is 20.4 Å². The van der Waals surface area contributed by atoms with Gasteiger partial charge in [-0.15, -0.1) is 0 Å². The first-order chi connectivity index (χ1) is 8.13. The van der Waals surface area contributed by atoms with Crippen LogP contribution in [0.1, 0.15) is 6.92 Å². The number of nitrogens with one attached hydrogen (secondary N) is 1. The Labute approximate surface area is 97.5 Å². The van der Waals surface area contributed by atoms with Crippen molar-refractivity contribution in [3.8, 4) is 0 Å². The largest absolute Gasteiger partial charge is 0.377 e. The van der Waals surface area contributed by atoms with Crippen molar-refractivity contribution in [2.45, 2.75) is 13.0 Å². The summed E-state index contributed by atoms with van der Waals surface area (Å²) >= 11 is 0. The van der Waals surface area contributed by atoms with Gasteiger partial charge < -0.3 is 15.1 Å². The molecule has 17 heavy (non-hydrogen) atoms. The third-order valence-electron chi connectivity index (χ3n) is 2.69. The molecule has 1 aliphatic heterocycles. The van der Waals surface area contributed by atoms with Crippen LogP contribution in [0.15, 0.2) is 6.07 Å². The van der Waals surface area contributed by atoms with Crippen LogP contribution in [0, 0.1) is 11.6 Å². The highest BCUT2D eigenvalue weighted by Gasteiger charge is 2.24. The first-order valence-corrected chi connectivity index (χ1v) is 5.30. The second-order valence-electron chi connectivity index (χ2n) is 3.89. The van der Waals surface area contributed by atoms with Crippen LogP contribution >= 0.6 is 0 Å². The van der Waals surface area contributed by atoms with Crippen molar-refractivity contribution in [3.63, 3.8) is 0 Å². The van der Waals surface area contributed by atoms with Gasteiger partial charge in [0.15, 0.2) is 23.3 Å². The number of hydrogen-bond acceptors (Lipinski definition) is 5. The molecule has 1 saturated heterocycles. The van der Waals surface area contributed by atoms with E-state index in [1.807, 2.05) is 6.92 Å². The van der Waals surface area contributed by atoms with Gasteiger partial charge in [0.05, 0.1) is 19.3 Å². The number of hydrazine groups is 1. The molecule has 2 heterocycles. The number of nitrogens with two attached hydrogens (primary N) is 1. The Morgan fingerprint density at radius 3 is 2.94 bits per heavy atom. The number of hydrogen-bond donors (Lipinski definition) is 2. The van der Waals surface area contributed by atoms with E-state index in [2.05, 4.69) is 10.4 Å². The summed E-state index contributed by atoms with van der Waals surface area (Å²) in [6.45, 7) is 3.39. The van der Waals surface area contributed by atoms with E-state index < -0.39 is 11.6 Å². The van der Waals surface area contributed by atoms with E-state index >= 15 is 0 Å². The quantitative estimate of drug-likeness (QED) is 0.597. The fourth-order valence-electron chi connectivity index (χ4n) is 1.80. The SMILES string of the molecule is CC1COCCN1c1nc(NN)c(F)cc1F. The summed E-state index contributed by atoms with van der Waals surface area (Å²) in [7, 11) is 0. The summed E-state index contributed by atoms with van der Waals surface area (Å²) in [5.41, 5.74) is 2.11. The van der Waals surface area contributed by atoms with E-state index in [0.717, 1.165) is 6.07 Å². The molecule has 1 atom stereocenters. The summed E-state index contributed by atoms with van der Waals surface area (Å²) in [4.78, 5) is 5.58. The molecular weight excluding hydrogens is 230 g/mol. The second-order valence-corrected chi connectivity index (χ2v) is 3.89. The number of nitrogen functional groups attached to an aromatic ring is 1. The Hall–Kier alpha value is -1.47. The van der Waals surface area contributed by atoms with Crippen LogP contribution in [0.25, 0.3) is 0 Å². The van der Waals surface area contributed by atoms with Crippen LogP contribution in [0.2, 0.25) is 0 Å². The lowest BCUT2D eigenvalue weighted by Crippen LogP contribution is -2.44. The van der Waals surface area contributed by atoms with Crippen LogP contribution < -0.4 is 16.2 Å². The van der Waals surface area contributed by atoms with Gasteiger partial charge >= 0.3 is 0 Å². The Morgan fingerprint density at radius 2 is 2.29 bits per heavy atom. The van der Waals surface area contributed by atoms with Crippen LogP contribution in [0.5, 0.6) is 0 Å². The zero-order valence-electron chi connectivity index (χ0n) is 9.41. The molecule has 1 unspecified atom stereocenters. The van der Waals surface area contributed by atoms with Crippen LogP contribution in [-0.4, -0.2) is 30.8 Å². The maximum absolute atomic E-state index is 13.7. The number of ether oxygens (including phenoxy) is 1. The van der Waals surface area contributed by atoms with Gasteiger partial charge in [-0.3, -0.25) is 0 Å². The average Bonchev–Trinajstić information content (AvgIpc) is 2.31. The Kier molecular flexibility index (Phi) is 3.39. The van der Waals surface area contributed by atoms with Crippen molar-refractivity contribution < 1.29 is 13.5 Å². The van der Waals surface area contributed by atoms with Crippen molar-refractivity contribution in [2.24, 2.45) is 5.84 Å². The van der Waals surface area contributed by atoms with Gasteiger partial charge in [-0.25, -0.2) is 19.6 Å². The molecule has 1 aromatic heterocycles. The van der Waals surface area contributed by atoms with Gasteiger partial charge in [-0.1, -0.05) is 0 Å². The van der Waals surface area contributed by atoms with Gasteiger partial charge in [0.1, 0.15) is 0 Å². The van der Waals surface area contributed by atoms with Gasteiger partial charge in [-0.2, -0.15) is 0 Å². The highest BCUT2D eigenvalue weighted by Crippen LogP contribution is 2.24. The minimum absolute atomic E-state index is 0.0122. The first kappa shape index (κ1) is 12.0. The van der Waals surface area contributed by atoms with Gasteiger partial charge in [0.25, 0.3) is 0 Å². The van der Waals surface area contributed by atoms with Crippen LogP contribution in [-0.2, 0) is 4.74 Å². The highest BCUT2D eigenvalue weighted by molar-refractivity contribution is 5.49. The molecule has 7 heteroatoms. The van der Waals surface area contributed by atoms with E-state index in [4.69, 9.17) is 10.6 Å². The summed E-state index contributed by atoms with van der Waals surface area (Å²) in [6.07, 6.45) is 0. The Bertz CT molecular complexity index is 416. The molecule has 0 radical (unpaired) electrons. The number of rotatable bonds is 2. The minimum Gasteiger partial charge on any atom is -0.377 e. The van der Waals surface area contributed by atoms with E-state index in [-0.39, 0.29) is 17.7 Å². The molecular formula is C10H14F2N4O. The fraction of sp³-hybridized carbons (Fsp3) is 0.500. The van der Waals surface area contributed by atoms with Gasteiger partial charge in [0, 0.05) is 12.6 Å². The third kappa shape index (κ3) is 2.29. The lowest BCUT2D eigenvalue weighted by atomic mass is 10.2. The van der Waals surface area contributed by atoms with E-state index in [0.29, 0.717) is 19.8 Å². The minimum atomic E-state index is -0.810. The molecule has 5 nitrogen and oxygen atoms in total. The highest BCUT2D eigenvalue weighted by atomic mass is 19.1. The van der Waals surface area contributed by atoms with Crippen molar-refractivity contribution >= 4 is 11.6 Å². The first-order valence-electron chi connectivity index (χ1n) is 5.30. The molecule has 1 fully saturated rings. The number of nitrogens with zero attached hydrogens (tertiary/aromatic N) is 2. The summed E-state index contributed by atoms with van der Waals surface area (Å²) in [5, 5.41) is 0. The summed E-state index contributed by atoms with van der Waals surface area (Å²) in [6, 6.07) is 0.765. The number of pyridine rings is 1. The predicted molar refractivity (Wildman–Crippen MR) is 59.6 cm³/mol. The normalized spacial score (nSPS) is 20.5. The second kappa shape index (κ2) is 4.80. The summed E-state index contributed by atoms with van der Waals surface area (Å²) < 4.78 is 32.1. The maximum atomic E-state index is 13.7. The van der Waals surface area contributed by atoms with E-state index in [1.54, 1.807) is 4.90 Å². The lowest BCUT2D eigenvalue weighted by molar-refractivity contribution is 0.0981. The average molecular weight is 244 g/mol. The molecule has 1 aromatic rings. The topological polar surface area (TPSA) is 63.4 Å². The molecule has 94 valence electrons. The smallest absolute Gasteiger partial charge is 0.178 e. The van der Waals surface area contributed by atoms with Gasteiger partial charge in [0.2, 0.25) is 0 Å². The fourth-order valence-corrected chi connectivity index (χ4v) is 1.80. The number of aromatic nitrogens is 1. The molecule has 3 N–H and O–H groups in total. The number of morpholine rings is 1. The summed E-state index contributed by atoms with van der Waals surface area (Å²) in [5.74, 6) is 3.53.